The van der Waals surface area contributed by atoms with Gasteiger partial charge in [-0.05, 0) is 44.1 Å². The van der Waals surface area contributed by atoms with Crippen molar-refractivity contribution < 1.29 is 14.3 Å². The van der Waals surface area contributed by atoms with Crippen molar-refractivity contribution in [2.45, 2.75) is 40.7 Å². The highest BCUT2D eigenvalue weighted by Gasteiger charge is 2.22. The van der Waals surface area contributed by atoms with Crippen molar-refractivity contribution in [2.24, 2.45) is 5.92 Å². The van der Waals surface area contributed by atoms with Crippen LogP contribution in [-0.2, 0) is 4.74 Å². The summed E-state index contributed by atoms with van der Waals surface area (Å²) in [6.07, 6.45) is 0. The summed E-state index contributed by atoms with van der Waals surface area (Å²) in [4.78, 5) is 14.6. The number of rotatable bonds is 9. The van der Waals surface area contributed by atoms with E-state index in [0.717, 1.165) is 13.1 Å². The van der Waals surface area contributed by atoms with Crippen LogP contribution in [-0.4, -0.2) is 43.2 Å². The molecule has 1 aromatic carbocycles. The lowest BCUT2D eigenvalue weighted by molar-refractivity contribution is 0.0290. The third-order valence-corrected chi connectivity index (χ3v) is 3.99. The van der Waals surface area contributed by atoms with E-state index in [1.54, 1.807) is 18.2 Å². The molecule has 0 saturated carbocycles. The zero-order valence-corrected chi connectivity index (χ0v) is 15.0. The lowest BCUT2D eigenvalue weighted by Crippen LogP contribution is -2.42. The molecule has 2 N–H and O–H groups in total. The fourth-order valence-corrected chi connectivity index (χ4v) is 2.60. The molecular formula is C18H30N2O3. The largest absolute Gasteiger partial charge is 0.492 e. The molecule has 0 radical (unpaired) electrons. The van der Waals surface area contributed by atoms with Crippen LogP contribution in [0.1, 0.15) is 45.0 Å². The maximum Gasteiger partial charge on any atom is 0.338 e. The highest BCUT2D eigenvalue weighted by atomic mass is 16.5. The molecule has 1 aromatic rings. The van der Waals surface area contributed by atoms with Gasteiger partial charge in [0, 0.05) is 6.04 Å². The van der Waals surface area contributed by atoms with Crippen molar-refractivity contribution in [3.05, 3.63) is 23.8 Å². The van der Waals surface area contributed by atoms with Gasteiger partial charge < -0.3 is 15.2 Å². The van der Waals surface area contributed by atoms with Crippen LogP contribution in [0.15, 0.2) is 18.2 Å². The van der Waals surface area contributed by atoms with Gasteiger partial charge in [-0.3, -0.25) is 4.90 Å². The van der Waals surface area contributed by atoms with Crippen LogP contribution in [0.5, 0.6) is 5.75 Å². The van der Waals surface area contributed by atoms with Crippen molar-refractivity contribution >= 4 is 11.7 Å². The number of hydrogen-bond acceptors (Lipinski definition) is 5. The molecular weight excluding hydrogens is 292 g/mol. The Morgan fingerprint density at radius 1 is 1.22 bits per heavy atom. The van der Waals surface area contributed by atoms with Crippen LogP contribution in [0.2, 0.25) is 0 Å². The zero-order chi connectivity index (χ0) is 17.4. The van der Waals surface area contributed by atoms with Crippen LogP contribution in [0, 0.1) is 5.92 Å². The normalized spacial score (nSPS) is 12.5. The van der Waals surface area contributed by atoms with Gasteiger partial charge in [0.1, 0.15) is 12.4 Å². The van der Waals surface area contributed by atoms with Gasteiger partial charge in [-0.2, -0.15) is 0 Å². The quantitative estimate of drug-likeness (QED) is 0.559. The first-order valence-corrected chi connectivity index (χ1v) is 8.37. The number of nitrogens with two attached hydrogens (primary N) is 1. The minimum Gasteiger partial charge on any atom is -0.492 e. The second-order valence-corrected chi connectivity index (χ2v) is 5.82. The summed E-state index contributed by atoms with van der Waals surface area (Å²) < 4.78 is 11.0. The van der Waals surface area contributed by atoms with Gasteiger partial charge in [-0.15, -0.1) is 0 Å². The molecule has 5 heteroatoms. The average Bonchev–Trinajstić information content (AvgIpc) is 2.53. The second kappa shape index (κ2) is 9.40. The molecule has 0 fully saturated rings. The number of benzene rings is 1. The topological polar surface area (TPSA) is 64.8 Å². The second-order valence-electron chi connectivity index (χ2n) is 5.82. The van der Waals surface area contributed by atoms with Crippen molar-refractivity contribution in [1.82, 2.24) is 4.90 Å². The van der Waals surface area contributed by atoms with Gasteiger partial charge >= 0.3 is 5.97 Å². The van der Waals surface area contributed by atoms with E-state index in [0.29, 0.717) is 36.1 Å². The van der Waals surface area contributed by atoms with Crippen LogP contribution in [0.4, 0.5) is 5.69 Å². The summed E-state index contributed by atoms with van der Waals surface area (Å²) in [5.74, 6) is 0.586. The number of likely N-dealkylation sites (N-methyl/N-ethyl adjacent to an activating group) is 1. The number of hydrogen-bond donors (Lipinski definition) is 1. The molecule has 5 nitrogen and oxygen atoms in total. The van der Waals surface area contributed by atoms with Crippen molar-refractivity contribution in [3.63, 3.8) is 0 Å². The van der Waals surface area contributed by atoms with Gasteiger partial charge in [-0.25, -0.2) is 4.79 Å². The maximum atomic E-state index is 12.3. The molecule has 0 unspecified atom stereocenters. The summed E-state index contributed by atoms with van der Waals surface area (Å²) in [7, 11) is 0. The number of ether oxygens (including phenoxy) is 2. The molecule has 0 amide bonds. The average molecular weight is 322 g/mol. The third-order valence-electron chi connectivity index (χ3n) is 3.99. The number of anilines is 1. The van der Waals surface area contributed by atoms with E-state index in [-0.39, 0.29) is 12.0 Å². The van der Waals surface area contributed by atoms with E-state index in [1.165, 1.54) is 0 Å². The molecule has 0 saturated heterocycles. The number of nitrogen functional groups attached to an aromatic ring is 1. The molecule has 0 aromatic heterocycles. The molecule has 0 heterocycles. The molecule has 0 bridgehead atoms. The Morgan fingerprint density at radius 3 is 2.39 bits per heavy atom. The van der Waals surface area contributed by atoms with Gasteiger partial charge in [0.2, 0.25) is 0 Å². The molecule has 0 aliphatic carbocycles. The Balaban J connectivity index is 2.76. The molecule has 1 rings (SSSR count). The van der Waals surface area contributed by atoms with Crippen molar-refractivity contribution in [3.8, 4) is 5.75 Å². The highest BCUT2D eigenvalue weighted by molar-refractivity contribution is 5.90. The fourth-order valence-electron chi connectivity index (χ4n) is 2.60. The minimum atomic E-state index is -0.344. The van der Waals surface area contributed by atoms with Crippen LogP contribution in [0.25, 0.3) is 0 Å². The standard InChI is InChI=1S/C18H30N2O3/c1-6-20(7-2)16(13(4)5)12-23-18(21)14-9-10-15(19)17(11-14)22-8-3/h9-11,13,16H,6-8,12,19H2,1-5H3/t16-/m1/s1. The smallest absolute Gasteiger partial charge is 0.338 e. The summed E-state index contributed by atoms with van der Waals surface area (Å²) in [6, 6.07) is 5.20. The van der Waals surface area contributed by atoms with E-state index >= 15 is 0 Å². The zero-order valence-electron chi connectivity index (χ0n) is 15.0. The van der Waals surface area contributed by atoms with Crippen LogP contribution >= 0.6 is 0 Å². The first-order chi connectivity index (χ1) is 10.9. The van der Waals surface area contributed by atoms with Gasteiger partial charge in [0.15, 0.2) is 0 Å². The Kier molecular flexibility index (Phi) is 7.89. The van der Waals surface area contributed by atoms with E-state index in [9.17, 15) is 4.79 Å². The number of carbonyl (C=O) groups excluding carboxylic acids is 1. The van der Waals surface area contributed by atoms with E-state index in [4.69, 9.17) is 15.2 Å². The van der Waals surface area contributed by atoms with Crippen molar-refractivity contribution in [1.29, 1.82) is 0 Å². The highest BCUT2D eigenvalue weighted by Crippen LogP contribution is 2.23. The van der Waals surface area contributed by atoms with Gasteiger partial charge in [-0.1, -0.05) is 27.7 Å². The molecule has 0 spiro atoms. The number of carbonyl (C=O) groups is 1. The Morgan fingerprint density at radius 2 is 1.87 bits per heavy atom. The molecule has 0 aliphatic heterocycles. The van der Waals surface area contributed by atoms with Crippen LogP contribution in [0.3, 0.4) is 0 Å². The summed E-state index contributed by atoms with van der Waals surface area (Å²) in [5.41, 5.74) is 6.81. The first-order valence-electron chi connectivity index (χ1n) is 8.37. The SMILES string of the molecule is CCOc1cc(C(=O)OC[C@H](C(C)C)N(CC)CC)ccc1N. The maximum absolute atomic E-state index is 12.3. The van der Waals surface area contributed by atoms with Gasteiger partial charge in [0.25, 0.3) is 0 Å². The van der Waals surface area contributed by atoms with E-state index in [1.807, 2.05) is 6.92 Å². The summed E-state index contributed by atoms with van der Waals surface area (Å²) in [6.45, 7) is 13.2. The monoisotopic (exact) mass is 322 g/mol. The molecule has 0 aliphatic rings. The third kappa shape index (κ3) is 5.43. The Labute approximate surface area is 139 Å². The first kappa shape index (κ1) is 19.3. The van der Waals surface area contributed by atoms with Crippen molar-refractivity contribution in [2.75, 3.05) is 32.0 Å². The lowest BCUT2D eigenvalue weighted by atomic mass is 10.0. The number of esters is 1. The Bertz CT molecular complexity index is 499. The fraction of sp³-hybridized carbons (Fsp3) is 0.611. The predicted molar refractivity (Wildman–Crippen MR) is 93.9 cm³/mol. The predicted octanol–water partition coefficient (Wildman–Crippen LogP) is 3.19. The van der Waals surface area contributed by atoms with Gasteiger partial charge in [0.05, 0.1) is 17.9 Å². The number of nitrogens with zero attached hydrogens (tertiary/aromatic N) is 1. The molecule has 23 heavy (non-hydrogen) atoms. The molecule has 1 atom stereocenters. The summed E-state index contributed by atoms with van der Waals surface area (Å²) >= 11 is 0. The summed E-state index contributed by atoms with van der Waals surface area (Å²) in [5, 5.41) is 0. The lowest BCUT2D eigenvalue weighted by Gasteiger charge is -2.32. The van der Waals surface area contributed by atoms with Crippen LogP contribution < -0.4 is 10.5 Å². The van der Waals surface area contributed by atoms with E-state index in [2.05, 4.69) is 32.6 Å². The van der Waals surface area contributed by atoms with E-state index < -0.39 is 0 Å². The minimum absolute atomic E-state index is 0.217. The molecule has 130 valence electrons. The Hall–Kier alpha value is -1.75.